The van der Waals surface area contributed by atoms with E-state index in [4.69, 9.17) is 9.47 Å². The quantitative estimate of drug-likeness (QED) is 0.796. The normalized spacial score (nSPS) is 11.5. The van der Waals surface area contributed by atoms with Gasteiger partial charge in [-0.2, -0.15) is 0 Å². The molecule has 0 fully saturated rings. The molecule has 0 aliphatic heterocycles. The van der Waals surface area contributed by atoms with Crippen LogP contribution in [0.15, 0.2) is 28.7 Å². The van der Waals surface area contributed by atoms with Gasteiger partial charge in [0.15, 0.2) is 6.29 Å². The average Bonchev–Trinajstić information content (AvgIpc) is 2.62. The van der Waals surface area contributed by atoms with Crippen LogP contribution in [-0.2, 0) is 9.47 Å². The molecule has 0 N–H and O–H groups in total. The van der Waals surface area contributed by atoms with Gasteiger partial charge in [-0.25, -0.2) is 0 Å². The van der Waals surface area contributed by atoms with Crippen molar-refractivity contribution in [2.75, 3.05) is 14.2 Å². The molecule has 1 aromatic carbocycles. The van der Waals surface area contributed by atoms with E-state index in [-0.39, 0.29) is 6.29 Å². The fourth-order valence-electron chi connectivity index (χ4n) is 1.48. The molecule has 0 saturated heterocycles. The second kappa shape index (κ2) is 4.61. The monoisotopic (exact) mass is 286 g/mol. The lowest BCUT2D eigenvalue weighted by molar-refractivity contribution is -0.103. The lowest BCUT2D eigenvalue weighted by atomic mass is 10.2. The first-order valence-corrected chi connectivity index (χ1v) is 6.10. The fourth-order valence-corrected chi connectivity index (χ4v) is 2.96. The van der Waals surface area contributed by atoms with Crippen LogP contribution in [0.5, 0.6) is 0 Å². The summed E-state index contributed by atoms with van der Waals surface area (Å²) in [4.78, 5) is 1.09. The maximum Gasteiger partial charge on any atom is 0.192 e. The summed E-state index contributed by atoms with van der Waals surface area (Å²) in [5.74, 6) is 0. The summed E-state index contributed by atoms with van der Waals surface area (Å²) in [7, 11) is 3.29. The first-order chi connectivity index (χ1) is 7.24. The van der Waals surface area contributed by atoms with Crippen molar-refractivity contribution in [1.29, 1.82) is 0 Å². The standard InChI is InChI=1S/C11H11BrO2S/c1-13-11(14-2)10-6-7-5-8(12)3-4-9(7)15-10/h3-6,11H,1-2H3. The molecule has 0 bridgehead atoms. The molecule has 0 atom stereocenters. The van der Waals surface area contributed by atoms with E-state index in [9.17, 15) is 0 Å². The summed E-state index contributed by atoms with van der Waals surface area (Å²) < 4.78 is 12.8. The Morgan fingerprint density at radius 2 is 1.93 bits per heavy atom. The molecule has 0 amide bonds. The van der Waals surface area contributed by atoms with Gasteiger partial charge in [-0.3, -0.25) is 0 Å². The van der Waals surface area contributed by atoms with Crippen LogP contribution in [-0.4, -0.2) is 14.2 Å². The van der Waals surface area contributed by atoms with Crippen LogP contribution in [0.1, 0.15) is 11.2 Å². The number of hydrogen-bond acceptors (Lipinski definition) is 3. The van der Waals surface area contributed by atoms with E-state index < -0.39 is 0 Å². The van der Waals surface area contributed by atoms with Crippen LogP contribution >= 0.6 is 27.3 Å². The largest absolute Gasteiger partial charge is 0.351 e. The van der Waals surface area contributed by atoms with Crippen LogP contribution < -0.4 is 0 Å². The third-order valence-corrected chi connectivity index (χ3v) is 3.79. The molecule has 2 aromatic rings. The summed E-state index contributed by atoms with van der Waals surface area (Å²) in [6.45, 7) is 0. The van der Waals surface area contributed by atoms with Crippen molar-refractivity contribution in [1.82, 2.24) is 0 Å². The van der Waals surface area contributed by atoms with E-state index in [1.54, 1.807) is 25.6 Å². The highest BCUT2D eigenvalue weighted by Gasteiger charge is 2.12. The number of methoxy groups -OCH3 is 2. The first-order valence-electron chi connectivity index (χ1n) is 4.49. The van der Waals surface area contributed by atoms with Gasteiger partial charge < -0.3 is 9.47 Å². The van der Waals surface area contributed by atoms with Gasteiger partial charge in [-0.1, -0.05) is 15.9 Å². The van der Waals surface area contributed by atoms with Crippen molar-refractivity contribution >= 4 is 37.4 Å². The number of halogens is 1. The Morgan fingerprint density at radius 3 is 2.60 bits per heavy atom. The van der Waals surface area contributed by atoms with Crippen molar-refractivity contribution in [3.63, 3.8) is 0 Å². The highest BCUT2D eigenvalue weighted by atomic mass is 79.9. The first kappa shape index (κ1) is 11.1. The minimum atomic E-state index is -0.263. The van der Waals surface area contributed by atoms with Crippen LogP contribution in [0.4, 0.5) is 0 Å². The topological polar surface area (TPSA) is 18.5 Å². The number of benzene rings is 1. The van der Waals surface area contributed by atoms with Crippen LogP contribution in [0.25, 0.3) is 10.1 Å². The Morgan fingerprint density at radius 1 is 1.20 bits per heavy atom. The second-order valence-electron chi connectivity index (χ2n) is 3.13. The summed E-state index contributed by atoms with van der Waals surface area (Å²) in [5, 5.41) is 1.21. The van der Waals surface area contributed by atoms with Crippen molar-refractivity contribution in [3.05, 3.63) is 33.6 Å². The molecule has 0 unspecified atom stereocenters. The Bertz CT molecular complexity index is 463. The van der Waals surface area contributed by atoms with E-state index in [2.05, 4.69) is 34.1 Å². The lowest BCUT2D eigenvalue weighted by Gasteiger charge is -2.09. The van der Waals surface area contributed by atoms with Crippen LogP contribution in [0.2, 0.25) is 0 Å². The van der Waals surface area contributed by atoms with E-state index in [1.165, 1.54) is 10.1 Å². The van der Waals surface area contributed by atoms with Gasteiger partial charge in [0, 0.05) is 23.4 Å². The molecule has 0 spiro atoms. The molecule has 4 heteroatoms. The zero-order valence-electron chi connectivity index (χ0n) is 8.49. The molecule has 0 radical (unpaired) electrons. The molecule has 1 aromatic heterocycles. The number of rotatable bonds is 3. The number of fused-ring (bicyclic) bond motifs is 1. The van der Waals surface area contributed by atoms with Gasteiger partial charge in [0.1, 0.15) is 0 Å². The number of thiophene rings is 1. The maximum absolute atomic E-state index is 5.22. The van der Waals surface area contributed by atoms with Gasteiger partial charge in [-0.05, 0) is 29.7 Å². The summed E-state index contributed by atoms with van der Waals surface area (Å²) in [5.41, 5.74) is 0. The molecule has 15 heavy (non-hydrogen) atoms. The maximum atomic E-state index is 5.22. The Labute approximate surface area is 101 Å². The summed E-state index contributed by atoms with van der Waals surface area (Å²) in [6.07, 6.45) is -0.263. The zero-order chi connectivity index (χ0) is 10.8. The lowest BCUT2D eigenvalue weighted by Crippen LogP contribution is -2.00. The summed E-state index contributed by atoms with van der Waals surface area (Å²) in [6, 6.07) is 8.33. The van der Waals surface area contributed by atoms with Gasteiger partial charge in [0.05, 0.1) is 4.88 Å². The van der Waals surface area contributed by atoms with Gasteiger partial charge in [0.25, 0.3) is 0 Å². The molecule has 0 aliphatic carbocycles. The number of hydrogen-bond donors (Lipinski definition) is 0. The van der Waals surface area contributed by atoms with E-state index in [1.807, 2.05) is 6.07 Å². The minimum absolute atomic E-state index is 0.263. The molecule has 0 aliphatic rings. The van der Waals surface area contributed by atoms with Crippen LogP contribution in [0, 0.1) is 0 Å². The molecule has 0 saturated carbocycles. The molecular weight excluding hydrogens is 276 g/mol. The Kier molecular flexibility index (Phi) is 3.41. The zero-order valence-corrected chi connectivity index (χ0v) is 10.9. The Balaban J connectivity index is 2.46. The van der Waals surface area contributed by atoms with E-state index in [0.29, 0.717) is 0 Å². The predicted molar refractivity (Wildman–Crippen MR) is 66.3 cm³/mol. The van der Waals surface area contributed by atoms with Crippen molar-refractivity contribution in [2.45, 2.75) is 6.29 Å². The molecule has 2 rings (SSSR count). The smallest absolute Gasteiger partial charge is 0.192 e. The summed E-state index contributed by atoms with van der Waals surface area (Å²) >= 11 is 5.15. The molecule has 80 valence electrons. The second-order valence-corrected chi connectivity index (χ2v) is 5.17. The van der Waals surface area contributed by atoms with Gasteiger partial charge in [-0.15, -0.1) is 11.3 Å². The average molecular weight is 287 g/mol. The van der Waals surface area contributed by atoms with Crippen molar-refractivity contribution < 1.29 is 9.47 Å². The highest BCUT2D eigenvalue weighted by molar-refractivity contribution is 9.10. The molecule has 2 nitrogen and oxygen atoms in total. The molecular formula is C11H11BrO2S. The SMILES string of the molecule is COC(OC)c1cc2cc(Br)ccc2s1. The van der Waals surface area contributed by atoms with Crippen molar-refractivity contribution in [2.24, 2.45) is 0 Å². The third kappa shape index (κ3) is 2.23. The molecule has 1 heterocycles. The van der Waals surface area contributed by atoms with E-state index >= 15 is 0 Å². The van der Waals surface area contributed by atoms with Crippen LogP contribution in [0.3, 0.4) is 0 Å². The van der Waals surface area contributed by atoms with Gasteiger partial charge >= 0.3 is 0 Å². The predicted octanol–water partition coefficient (Wildman–Crippen LogP) is 3.96. The van der Waals surface area contributed by atoms with E-state index in [0.717, 1.165) is 9.35 Å². The number of ether oxygens (including phenoxy) is 2. The third-order valence-electron chi connectivity index (χ3n) is 2.16. The van der Waals surface area contributed by atoms with Gasteiger partial charge in [0.2, 0.25) is 0 Å². The van der Waals surface area contributed by atoms with Crippen molar-refractivity contribution in [3.8, 4) is 0 Å². The fraction of sp³-hybridized carbons (Fsp3) is 0.273. The minimum Gasteiger partial charge on any atom is -0.351 e. The highest BCUT2D eigenvalue weighted by Crippen LogP contribution is 2.33. The Hall–Kier alpha value is -0.420.